The van der Waals surface area contributed by atoms with Gasteiger partial charge in [-0.25, -0.2) is 0 Å². The molecule has 0 unspecified atom stereocenters. The SMILES string of the molecule is C=C/C(C)=C\C=C\NCC. The van der Waals surface area contributed by atoms with Gasteiger partial charge in [-0.2, -0.15) is 0 Å². The lowest BCUT2D eigenvalue weighted by molar-refractivity contribution is 0.919. The summed E-state index contributed by atoms with van der Waals surface area (Å²) in [4.78, 5) is 0. The van der Waals surface area contributed by atoms with Crippen LogP contribution in [0.4, 0.5) is 0 Å². The maximum atomic E-state index is 3.64. The van der Waals surface area contributed by atoms with Crippen LogP contribution in [0.2, 0.25) is 0 Å². The lowest BCUT2D eigenvalue weighted by Gasteiger charge is -1.89. The van der Waals surface area contributed by atoms with E-state index in [9.17, 15) is 0 Å². The van der Waals surface area contributed by atoms with Gasteiger partial charge in [-0.05, 0) is 26.1 Å². The summed E-state index contributed by atoms with van der Waals surface area (Å²) in [6.45, 7) is 8.69. The highest BCUT2D eigenvalue weighted by atomic mass is 14.8. The molecular weight excluding hydrogens is 122 g/mol. The molecule has 0 rings (SSSR count). The third-order valence-electron chi connectivity index (χ3n) is 1.10. The number of hydrogen-bond donors (Lipinski definition) is 1. The molecule has 0 aliphatic heterocycles. The van der Waals surface area contributed by atoms with E-state index in [2.05, 4.69) is 18.8 Å². The standard InChI is InChI=1S/C9H15N/c1-4-9(3)7-6-8-10-5-2/h4,6-8,10H,1,5H2,2-3H3/b8-6+,9-7-. The van der Waals surface area contributed by atoms with Gasteiger partial charge in [-0.15, -0.1) is 0 Å². The smallest absolute Gasteiger partial charge is 0.0113 e. The molecule has 0 saturated carbocycles. The van der Waals surface area contributed by atoms with Gasteiger partial charge < -0.3 is 5.32 Å². The Kier molecular flexibility index (Phi) is 5.54. The summed E-state index contributed by atoms with van der Waals surface area (Å²) in [5.74, 6) is 0. The van der Waals surface area contributed by atoms with Gasteiger partial charge >= 0.3 is 0 Å². The molecule has 0 bridgehead atoms. The Hall–Kier alpha value is -0.980. The van der Waals surface area contributed by atoms with Crippen molar-refractivity contribution in [1.82, 2.24) is 5.32 Å². The molecule has 0 heterocycles. The zero-order valence-electron chi connectivity index (χ0n) is 6.72. The molecule has 0 aliphatic rings. The largest absolute Gasteiger partial charge is 0.391 e. The van der Waals surface area contributed by atoms with Crippen molar-refractivity contribution in [3.8, 4) is 0 Å². The van der Waals surface area contributed by atoms with Crippen molar-refractivity contribution in [3.05, 3.63) is 36.6 Å². The highest BCUT2D eigenvalue weighted by molar-refractivity contribution is 5.19. The van der Waals surface area contributed by atoms with Crippen molar-refractivity contribution in [2.24, 2.45) is 0 Å². The first-order valence-electron chi connectivity index (χ1n) is 3.50. The van der Waals surface area contributed by atoms with Crippen molar-refractivity contribution < 1.29 is 0 Å². The van der Waals surface area contributed by atoms with Gasteiger partial charge in [0.2, 0.25) is 0 Å². The Balaban J connectivity index is 3.59. The Labute approximate surface area is 63.1 Å². The highest BCUT2D eigenvalue weighted by Gasteiger charge is 1.72. The van der Waals surface area contributed by atoms with Crippen LogP contribution in [-0.2, 0) is 0 Å². The summed E-state index contributed by atoms with van der Waals surface area (Å²) in [6.07, 6.45) is 7.74. The van der Waals surface area contributed by atoms with Gasteiger partial charge in [0.1, 0.15) is 0 Å². The van der Waals surface area contributed by atoms with Gasteiger partial charge in [0.25, 0.3) is 0 Å². The van der Waals surface area contributed by atoms with Gasteiger partial charge in [-0.3, -0.25) is 0 Å². The number of allylic oxidation sites excluding steroid dienone is 4. The molecule has 1 heteroatoms. The Morgan fingerprint density at radius 1 is 1.60 bits per heavy atom. The van der Waals surface area contributed by atoms with Crippen molar-refractivity contribution in [1.29, 1.82) is 0 Å². The quantitative estimate of drug-likeness (QED) is 0.586. The van der Waals surface area contributed by atoms with Gasteiger partial charge in [0.05, 0.1) is 0 Å². The molecule has 0 aliphatic carbocycles. The number of hydrogen-bond acceptors (Lipinski definition) is 1. The molecule has 0 fully saturated rings. The number of nitrogens with one attached hydrogen (secondary N) is 1. The summed E-state index contributed by atoms with van der Waals surface area (Å²) in [7, 11) is 0. The minimum absolute atomic E-state index is 0.970. The zero-order valence-corrected chi connectivity index (χ0v) is 6.72. The lowest BCUT2D eigenvalue weighted by Crippen LogP contribution is -2.00. The molecule has 1 nitrogen and oxygen atoms in total. The maximum Gasteiger partial charge on any atom is 0.0113 e. The van der Waals surface area contributed by atoms with Crippen LogP contribution < -0.4 is 5.32 Å². The predicted molar refractivity (Wildman–Crippen MR) is 46.8 cm³/mol. The lowest BCUT2D eigenvalue weighted by atomic mass is 10.3. The minimum Gasteiger partial charge on any atom is -0.391 e. The number of rotatable bonds is 4. The van der Waals surface area contributed by atoms with E-state index in [1.54, 1.807) is 0 Å². The first-order valence-corrected chi connectivity index (χ1v) is 3.50. The van der Waals surface area contributed by atoms with E-state index in [4.69, 9.17) is 0 Å². The topological polar surface area (TPSA) is 12.0 Å². The second-order valence-corrected chi connectivity index (χ2v) is 2.03. The van der Waals surface area contributed by atoms with Crippen LogP contribution in [0.25, 0.3) is 0 Å². The molecule has 0 spiro atoms. The van der Waals surface area contributed by atoms with E-state index in [1.807, 2.05) is 31.4 Å². The molecule has 0 amide bonds. The van der Waals surface area contributed by atoms with E-state index in [0.717, 1.165) is 6.54 Å². The van der Waals surface area contributed by atoms with E-state index >= 15 is 0 Å². The monoisotopic (exact) mass is 137 g/mol. The Bertz CT molecular complexity index is 143. The van der Waals surface area contributed by atoms with Crippen molar-refractivity contribution in [2.45, 2.75) is 13.8 Å². The first kappa shape index (κ1) is 9.02. The van der Waals surface area contributed by atoms with E-state index in [-0.39, 0.29) is 0 Å². The van der Waals surface area contributed by atoms with Crippen molar-refractivity contribution >= 4 is 0 Å². The molecule has 0 aromatic rings. The highest BCUT2D eigenvalue weighted by Crippen LogP contribution is 1.91. The van der Waals surface area contributed by atoms with E-state index in [1.165, 1.54) is 5.57 Å². The summed E-state index contributed by atoms with van der Waals surface area (Å²) in [6, 6.07) is 0. The fraction of sp³-hybridized carbons (Fsp3) is 0.333. The van der Waals surface area contributed by atoms with Crippen LogP contribution in [0.1, 0.15) is 13.8 Å². The van der Waals surface area contributed by atoms with E-state index in [0.29, 0.717) is 0 Å². The van der Waals surface area contributed by atoms with Crippen LogP contribution >= 0.6 is 0 Å². The van der Waals surface area contributed by atoms with Crippen LogP contribution in [0.15, 0.2) is 36.6 Å². The molecule has 0 aromatic carbocycles. The van der Waals surface area contributed by atoms with Crippen molar-refractivity contribution in [2.75, 3.05) is 6.54 Å². The van der Waals surface area contributed by atoms with Crippen LogP contribution in [-0.4, -0.2) is 6.54 Å². The Morgan fingerprint density at radius 2 is 2.30 bits per heavy atom. The second-order valence-electron chi connectivity index (χ2n) is 2.03. The molecule has 0 saturated heterocycles. The first-order chi connectivity index (χ1) is 4.81. The fourth-order valence-corrected chi connectivity index (χ4v) is 0.454. The van der Waals surface area contributed by atoms with Crippen LogP contribution in [0.5, 0.6) is 0 Å². The fourth-order valence-electron chi connectivity index (χ4n) is 0.454. The normalized spacial score (nSPS) is 12.0. The van der Waals surface area contributed by atoms with Crippen LogP contribution in [0.3, 0.4) is 0 Å². The molecule has 0 radical (unpaired) electrons. The molecule has 0 atom stereocenters. The average molecular weight is 137 g/mol. The molecular formula is C9H15N. The minimum atomic E-state index is 0.970. The second kappa shape index (κ2) is 6.14. The molecule has 10 heavy (non-hydrogen) atoms. The van der Waals surface area contributed by atoms with Gasteiger partial charge in [0, 0.05) is 6.54 Å². The third kappa shape index (κ3) is 5.16. The van der Waals surface area contributed by atoms with Gasteiger partial charge in [-0.1, -0.05) is 24.3 Å². The van der Waals surface area contributed by atoms with Gasteiger partial charge in [0.15, 0.2) is 0 Å². The summed E-state index contributed by atoms with van der Waals surface area (Å²) < 4.78 is 0. The predicted octanol–water partition coefficient (Wildman–Crippen LogP) is 2.24. The third-order valence-corrected chi connectivity index (χ3v) is 1.10. The Morgan fingerprint density at radius 3 is 2.80 bits per heavy atom. The average Bonchev–Trinajstić information content (AvgIpc) is 1.98. The maximum absolute atomic E-state index is 3.64. The van der Waals surface area contributed by atoms with E-state index < -0.39 is 0 Å². The molecule has 1 N–H and O–H groups in total. The summed E-state index contributed by atoms with van der Waals surface area (Å²) in [5.41, 5.74) is 1.18. The zero-order chi connectivity index (χ0) is 7.82. The molecule has 56 valence electrons. The van der Waals surface area contributed by atoms with Crippen molar-refractivity contribution in [3.63, 3.8) is 0 Å². The summed E-state index contributed by atoms with van der Waals surface area (Å²) >= 11 is 0. The summed E-state index contributed by atoms with van der Waals surface area (Å²) in [5, 5.41) is 3.07. The van der Waals surface area contributed by atoms with Crippen LogP contribution in [0, 0.1) is 0 Å². The molecule has 0 aromatic heterocycles.